The first-order valence-electron chi connectivity index (χ1n) is 7.16. The molecule has 1 fully saturated rings. The second-order valence-corrected chi connectivity index (χ2v) is 5.68. The van der Waals surface area contributed by atoms with Gasteiger partial charge in [0.05, 0.1) is 6.10 Å². The summed E-state index contributed by atoms with van der Waals surface area (Å²) in [5, 5.41) is 2.98. The molecule has 0 aliphatic carbocycles. The topological polar surface area (TPSA) is 41.6 Å². The van der Waals surface area contributed by atoms with Crippen molar-refractivity contribution in [2.75, 3.05) is 19.7 Å². The molecule has 0 radical (unpaired) electrons. The molecule has 0 bridgehead atoms. The summed E-state index contributed by atoms with van der Waals surface area (Å²) in [6.45, 7) is 10.7. The molecule has 0 unspecified atom stereocenters. The number of urea groups is 1. The van der Waals surface area contributed by atoms with E-state index in [1.54, 1.807) is 0 Å². The Balaban J connectivity index is 2.16. The van der Waals surface area contributed by atoms with E-state index in [9.17, 15) is 4.79 Å². The van der Waals surface area contributed by atoms with Crippen LogP contribution >= 0.6 is 0 Å². The first kappa shape index (κ1) is 15.3. The minimum absolute atomic E-state index is 0.0824. The summed E-state index contributed by atoms with van der Waals surface area (Å²) in [6, 6.07) is 0.444. The highest BCUT2D eigenvalue weighted by molar-refractivity contribution is 5.74. The van der Waals surface area contributed by atoms with Crippen LogP contribution in [0.3, 0.4) is 0 Å². The molecule has 1 saturated heterocycles. The summed E-state index contributed by atoms with van der Waals surface area (Å²) in [7, 11) is 0. The van der Waals surface area contributed by atoms with Gasteiger partial charge in [-0.3, -0.25) is 0 Å². The molecule has 2 amide bonds. The molecule has 0 aromatic carbocycles. The minimum atomic E-state index is 0.0824. The fourth-order valence-electron chi connectivity index (χ4n) is 2.40. The maximum Gasteiger partial charge on any atom is 0.317 e. The summed E-state index contributed by atoms with van der Waals surface area (Å²) >= 11 is 0. The van der Waals surface area contributed by atoms with Gasteiger partial charge in [0.1, 0.15) is 0 Å². The van der Waals surface area contributed by atoms with E-state index in [0.717, 1.165) is 31.7 Å². The Morgan fingerprint density at radius 3 is 2.78 bits per heavy atom. The van der Waals surface area contributed by atoms with E-state index in [2.05, 4.69) is 19.2 Å². The van der Waals surface area contributed by atoms with E-state index in [0.29, 0.717) is 19.2 Å². The molecular formula is C14H28N2O2. The van der Waals surface area contributed by atoms with Gasteiger partial charge in [0.15, 0.2) is 0 Å². The lowest BCUT2D eigenvalue weighted by Crippen LogP contribution is -2.49. The number of rotatable bonds is 5. The van der Waals surface area contributed by atoms with Crippen molar-refractivity contribution in [3.8, 4) is 0 Å². The Kier molecular flexibility index (Phi) is 6.47. The van der Waals surface area contributed by atoms with Crippen molar-refractivity contribution < 1.29 is 9.53 Å². The van der Waals surface area contributed by atoms with Crippen LogP contribution in [-0.2, 0) is 4.74 Å². The number of hydrogen-bond donors (Lipinski definition) is 1. The van der Waals surface area contributed by atoms with Crippen molar-refractivity contribution in [1.82, 2.24) is 10.2 Å². The number of amides is 2. The maximum absolute atomic E-state index is 12.0. The van der Waals surface area contributed by atoms with E-state index in [-0.39, 0.29) is 12.1 Å². The molecule has 106 valence electrons. The molecule has 0 aromatic rings. The SMILES string of the molecule is CC(C)OCCCNC(=O)N1CC[C@@H](C)C[C@@H]1C. The van der Waals surface area contributed by atoms with Crippen molar-refractivity contribution in [2.45, 2.75) is 59.1 Å². The number of ether oxygens (including phenoxy) is 1. The quantitative estimate of drug-likeness (QED) is 0.768. The standard InChI is InChI=1S/C14H28N2O2/c1-11(2)18-9-5-7-15-14(17)16-8-6-12(3)10-13(16)4/h11-13H,5-10H2,1-4H3,(H,15,17)/t12-,13+/m1/s1. The Labute approximate surface area is 111 Å². The lowest BCUT2D eigenvalue weighted by Gasteiger charge is -2.36. The zero-order chi connectivity index (χ0) is 13.5. The van der Waals surface area contributed by atoms with Crippen molar-refractivity contribution in [1.29, 1.82) is 0 Å². The highest BCUT2D eigenvalue weighted by Gasteiger charge is 2.26. The van der Waals surface area contributed by atoms with Crippen LogP contribution in [0.4, 0.5) is 4.79 Å². The second kappa shape index (κ2) is 7.62. The molecule has 0 spiro atoms. The van der Waals surface area contributed by atoms with E-state index in [1.165, 1.54) is 0 Å². The van der Waals surface area contributed by atoms with Gasteiger partial charge in [-0.15, -0.1) is 0 Å². The van der Waals surface area contributed by atoms with Crippen LogP contribution in [0.5, 0.6) is 0 Å². The highest BCUT2D eigenvalue weighted by Crippen LogP contribution is 2.21. The molecule has 18 heavy (non-hydrogen) atoms. The number of nitrogens with zero attached hydrogens (tertiary/aromatic N) is 1. The zero-order valence-corrected chi connectivity index (χ0v) is 12.2. The minimum Gasteiger partial charge on any atom is -0.379 e. The third-order valence-electron chi connectivity index (χ3n) is 3.45. The fraction of sp³-hybridized carbons (Fsp3) is 0.929. The first-order chi connectivity index (χ1) is 8.50. The first-order valence-corrected chi connectivity index (χ1v) is 7.16. The lowest BCUT2D eigenvalue weighted by molar-refractivity contribution is 0.0768. The zero-order valence-electron chi connectivity index (χ0n) is 12.2. The van der Waals surface area contributed by atoms with E-state index < -0.39 is 0 Å². The monoisotopic (exact) mass is 256 g/mol. The Hall–Kier alpha value is -0.770. The molecule has 1 aliphatic heterocycles. The number of likely N-dealkylation sites (tertiary alicyclic amines) is 1. The molecule has 0 saturated carbocycles. The van der Waals surface area contributed by atoms with Crippen molar-refractivity contribution >= 4 is 6.03 Å². The van der Waals surface area contributed by atoms with Crippen LogP contribution < -0.4 is 5.32 Å². The predicted molar refractivity (Wildman–Crippen MR) is 73.7 cm³/mol. The van der Waals surface area contributed by atoms with E-state index in [1.807, 2.05) is 18.7 Å². The van der Waals surface area contributed by atoms with Gasteiger partial charge in [-0.25, -0.2) is 4.79 Å². The van der Waals surface area contributed by atoms with Gasteiger partial charge >= 0.3 is 6.03 Å². The molecule has 1 N–H and O–H groups in total. The van der Waals surface area contributed by atoms with Gasteiger partial charge in [-0.2, -0.15) is 0 Å². The molecule has 0 aromatic heterocycles. The van der Waals surface area contributed by atoms with Gasteiger partial charge < -0.3 is 15.0 Å². The maximum atomic E-state index is 12.0. The van der Waals surface area contributed by atoms with Crippen LogP contribution in [-0.4, -0.2) is 42.8 Å². The van der Waals surface area contributed by atoms with Gasteiger partial charge in [0, 0.05) is 25.7 Å². The number of carbonyl (C=O) groups excluding carboxylic acids is 1. The van der Waals surface area contributed by atoms with Crippen LogP contribution in [0.1, 0.15) is 47.0 Å². The summed E-state index contributed by atoms with van der Waals surface area (Å²) in [6.07, 6.45) is 3.38. The summed E-state index contributed by atoms with van der Waals surface area (Å²) in [5.41, 5.74) is 0. The Morgan fingerprint density at radius 1 is 1.44 bits per heavy atom. The number of piperidine rings is 1. The average molecular weight is 256 g/mol. The van der Waals surface area contributed by atoms with Crippen LogP contribution in [0, 0.1) is 5.92 Å². The van der Waals surface area contributed by atoms with E-state index in [4.69, 9.17) is 4.74 Å². The molecular weight excluding hydrogens is 228 g/mol. The van der Waals surface area contributed by atoms with Gasteiger partial charge in [0.2, 0.25) is 0 Å². The predicted octanol–water partition coefficient (Wildman–Crippen LogP) is 2.63. The number of nitrogens with one attached hydrogen (secondary N) is 1. The molecule has 4 heteroatoms. The Morgan fingerprint density at radius 2 is 2.17 bits per heavy atom. The molecule has 1 aliphatic rings. The third kappa shape index (κ3) is 5.25. The van der Waals surface area contributed by atoms with Gasteiger partial charge in [-0.1, -0.05) is 6.92 Å². The van der Waals surface area contributed by atoms with Gasteiger partial charge in [0.25, 0.3) is 0 Å². The molecule has 4 nitrogen and oxygen atoms in total. The van der Waals surface area contributed by atoms with Crippen LogP contribution in [0.25, 0.3) is 0 Å². The Bertz CT molecular complexity index is 256. The van der Waals surface area contributed by atoms with E-state index >= 15 is 0 Å². The molecule has 1 heterocycles. The number of carbonyl (C=O) groups is 1. The smallest absolute Gasteiger partial charge is 0.317 e. The summed E-state index contributed by atoms with van der Waals surface area (Å²) in [4.78, 5) is 13.9. The van der Waals surface area contributed by atoms with Crippen molar-refractivity contribution in [3.05, 3.63) is 0 Å². The lowest BCUT2D eigenvalue weighted by atomic mass is 9.94. The average Bonchev–Trinajstić information content (AvgIpc) is 2.27. The molecule has 1 rings (SSSR count). The van der Waals surface area contributed by atoms with Crippen LogP contribution in [0.2, 0.25) is 0 Å². The van der Waals surface area contributed by atoms with Crippen LogP contribution in [0.15, 0.2) is 0 Å². The summed E-state index contributed by atoms with van der Waals surface area (Å²) in [5.74, 6) is 0.739. The highest BCUT2D eigenvalue weighted by atomic mass is 16.5. The second-order valence-electron chi connectivity index (χ2n) is 5.68. The van der Waals surface area contributed by atoms with Crippen molar-refractivity contribution in [3.63, 3.8) is 0 Å². The van der Waals surface area contributed by atoms with Crippen molar-refractivity contribution in [2.24, 2.45) is 5.92 Å². The normalized spacial score (nSPS) is 24.4. The van der Waals surface area contributed by atoms with Gasteiger partial charge in [-0.05, 0) is 46.0 Å². The largest absolute Gasteiger partial charge is 0.379 e. The molecule has 2 atom stereocenters. The third-order valence-corrected chi connectivity index (χ3v) is 3.45. The fourth-order valence-corrected chi connectivity index (χ4v) is 2.40. The number of hydrogen-bond acceptors (Lipinski definition) is 2. The summed E-state index contributed by atoms with van der Waals surface area (Å²) < 4.78 is 5.44.